The maximum Gasteiger partial charge on any atom is 0.423 e. The second-order valence-corrected chi connectivity index (χ2v) is 12.5. The number of para-hydroxylation sites is 1. The highest BCUT2D eigenvalue weighted by Gasteiger charge is 2.71. The Bertz CT molecular complexity index is 1900. The van der Waals surface area contributed by atoms with E-state index >= 15 is 4.39 Å². The lowest BCUT2D eigenvalue weighted by atomic mass is 9.49. The van der Waals surface area contributed by atoms with Gasteiger partial charge >= 0.3 is 6.09 Å². The van der Waals surface area contributed by atoms with E-state index in [9.17, 15) is 33.5 Å². The van der Waals surface area contributed by atoms with E-state index in [0.717, 1.165) is 30.3 Å². The van der Waals surface area contributed by atoms with Gasteiger partial charge in [-0.15, -0.1) is 0 Å². The zero-order valence-corrected chi connectivity index (χ0v) is 25.4. The Hall–Kier alpha value is -5.10. The number of phenolic OH excluding ortho intramolecular Hbond substituents is 1. The predicted octanol–water partition coefficient (Wildman–Crippen LogP) is 5.08. The predicted molar refractivity (Wildman–Crippen MR) is 161 cm³/mol. The summed E-state index contributed by atoms with van der Waals surface area (Å²) in [6, 6.07) is 15.1. The highest BCUT2D eigenvalue weighted by atomic mass is 35.5. The summed E-state index contributed by atoms with van der Waals surface area (Å²) in [5.74, 6) is -10.6. The van der Waals surface area contributed by atoms with Crippen LogP contribution in [0.25, 0.3) is 0 Å². The maximum atomic E-state index is 15.1. The molecule has 2 aliphatic heterocycles. The number of hydrogen-bond donors (Lipinski definition) is 2. The number of allylic oxidation sites excluding steroid dienone is 2. The van der Waals surface area contributed by atoms with Crippen LogP contribution in [-0.4, -0.2) is 51.8 Å². The average Bonchev–Trinajstić information content (AvgIpc) is 3.44. The summed E-state index contributed by atoms with van der Waals surface area (Å²) in [5.41, 5.74) is 1.99. The molecule has 10 nitrogen and oxygen atoms in total. The molecule has 2 N–H and O–H groups in total. The molecule has 2 saturated heterocycles. The zero-order valence-electron chi connectivity index (χ0n) is 24.7. The largest absolute Gasteiger partial charge is 0.505 e. The zero-order chi connectivity index (χ0) is 33.4. The smallest absolute Gasteiger partial charge is 0.423 e. The molecule has 0 bridgehead atoms. The van der Waals surface area contributed by atoms with E-state index in [2.05, 4.69) is 5.43 Å². The van der Waals surface area contributed by atoms with Gasteiger partial charge in [-0.1, -0.05) is 47.5 Å². The molecule has 2 heterocycles. The lowest BCUT2D eigenvalue weighted by Gasteiger charge is -2.50. The maximum absolute atomic E-state index is 15.1. The quantitative estimate of drug-likeness (QED) is 0.292. The van der Waals surface area contributed by atoms with Gasteiger partial charge in [-0.3, -0.25) is 24.6 Å². The summed E-state index contributed by atoms with van der Waals surface area (Å²) in [6.07, 6.45) is 0.447. The van der Waals surface area contributed by atoms with Crippen molar-refractivity contribution in [1.82, 2.24) is 9.91 Å². The Balaban J connectivity index is 1.47. The van der Waals surface area contributed by atoms with Crippen molar-refractivity contribution in [3.8, 4) is 5.75 Å². The van der Waals surface area contributed by atoms with Gasteiger partial charge in [0, 0.05) is 16.5 Å². The fraction of sp³-hybridized carbons (Fsp3) is 0.265. The van der Waals surface area contributed by atoms with Crippen molar-refractivity contribution < 1.29 is 42.6 Å². The minimum absolute atomic E-state index is 0.00217. The van der Waals surface area contributed by atoms with Crippen LogP contribution in [0.1, 0.15) is 29.9 Å². The minimum Gasteiger partial charge on any atom is -0.505 e. The lowest BCUT2D eigenvalue weighted by molar-refractivity contribution is -0.140. The van der Waals surface area contributed by atoms with Crippen LogP contribution in [-0.2, 0) is 29.3 Å². The first-order valence-corrected chi connectivity index (χ1v) is 15.2. The van der Waals surface area contributed by atoms with E-state index in [1.54, 1.807) is 30.3 Å². The summed E-state index contributed by atoms with van der Waals surface area (Å²) in [7, 11) is 1.05. The molecule has 0 spiro atoms. The van der Waals surface area contributed by atoms with Gasteiger partial charge in [-0.2, -0.15) is 9.91 Å². The third kappa shape index (κ3) is 4.31. The molecule has 47 heavy (non-hydrogen) atoms. The number of hydrazine groups is 1. The number of likely N-dealkylation sites (tertiary alicyclic amines) is 1. The number of carbonyl (C=O) groups is 5. The third-order valence-corrected chi connectivity index (χ3v) is 10.2. The molecule has 1 saturated carbocycles. The number of ether oxygens (including phenoxy) is 1. The number of imide groups is 4. The minimum atomic E-state index is -1.80. The molecule has 240 valence electrons. The first kappa shape index (κ1) is 30.5. The van der Waals surface area contributed by atoms with E-state index in [1.165, 1.54) is 24.3 Å². The van der Waals surface area contributed by atoms with Crippen molar-refractivity contribution in [2.75, 3.05) is 12.5 Å². The fourth-order valence-electron chi connectivity index (χ4n) is 8.04. The van der Waals surface area contributed by atoms with Crippen LogP contribution < -0.4 is 5.43 Å². The van der Waals surface area contributed by atoms with Crippen LogP contribution in [0.5, 0.6) is 5.75 Å². The van der Waals surface area contributed by atoms with Gasteiger partial charge in [0.2, 0.25) is 11.8 Å². The van der Waals surface area contributed by atoms with E-state index in [1.807, 2.05) is 0 Å². The molecule has 0 radical (unpaired) electrons. The van der Waals surface area contributed by atoms with E-state index in [-0.39, 0.29) is 24.1 Å². The molecule has 3 fully saturated rings. The van der Waals surface area contributed by atoms with Gasteiger partial charge in [0.15, 0.2) is 11.6 Å². The van der Waals surface area contributed by atoms with Crippen molar-refractivity contribution in [1.29, 1.82) is 0 Å². The van der Waals surface area contributed by atoms with E-state index in [4.69, 9.17) is 16.3 Å². The molecule has 0 unspecified atom stereocenters. The Morgan fingerprint density at radius 1 is 0.957 bits per heavy atom. The van der Waals surface area contributed by atoms with Crippen molar-refractivity contribution >= 4 is 47.0 Å². The van der Waals surface area contributed by atoms with Crippen LogP contribution in [0.4, 0.5) is 19.3 Å². The van der Waals surface area contributed by atoms with Gasteiger partial charge < -0.3 is 9.84 Å². The number of fused-ring (bicyclic) bond motifs is 4. The first-order valence-electron chi connectivity index (χ1n) is 14.8. The average molecular weight is 662 g/mol. The van der Waals surface area contributed by atoms with Crippen LogP contribution >= 0.6 is 11.6 Å². The number of phenols is 1. The molecule has 5 amide bonds. The van der Waals surface area contributed by atoms with E-state index in [0.29, 0.717) is 21.1 Å². The van der Waals surface area contributed by atoms with Crippen LogP contribution in [0.3, 0.4) is 0 Å². The SMILES string of the molecule is COC(=O)N1C(=O)[C@H]2[C@H](CC=C3[C@H]2C[C@H]2C(=O)N(Nc4ccc(F)cc4)C(=O)[C@@]2(c2ccc(Cl)cc2)[C@H]3c2cccc(F)c2O)C1=O. The lowest BCUT2D eigenvalue weighted by Crippen LogP contribution is -2.53. The number of rotatable bonds is 4. The Morgan fingerprint density at radius 2 is 1.66 bits per heavy atom. The molecule has 6 atom stereocenters. The van der Waals surface area contributed by atoms with E-state index < -0.39 is 82.1 Å². The standard InChI is InChI=1S/C34H26ClF2N3O7/c1-47-33(46)39-29(42)21-14-13-20-23(26(21)31(39)44)15-24-30(43)40(38-19-11-9-18(36)10-12-19)32(45)34(24,16-5-7-17(35)8-6-16)27(20)22-3-2-4-25(37)28(22)41/h2-13,21,23-24,26-27,38,41H,14-15H2,1H3/t21-,23+,24-,26-,27+,34+/m0/s1. The summed E-state index contributed by atoms with van der Waals surface area (Å²) >= 11 is 6.24. The number of amides is 5. The summed E-state index contributed by atoms with van der Waals surface area (Å²) < 4.78 is 33.5. The monoisotopic (exact) mass is 661 g/mol. The number of methoxy groups -OCH3 is 1. The molecule has 0 aromatic heterocycles. The Labute approximate surface area is 271 Å². The molecule has 2 aliphatic carbocycles. The summed E-state index contributed by atoms with van der Waals surface area (Å²) in [6.45, 7) is 0. The number of anilines is 1. The molecule has 13 heteroatoms. The second kappa shape index (κ2) is 11.0. The van der Waals surface area contributed by atoms with Crippen LogP contribution in [0.15, 0.2) is 78.4 Å². The molecular weight excluding hydrogens is 636 g/mol. The van der Waals surface area contributed by atoms with Gasteiger partial charge in [0.1, 0.15) is 5.82 Å². The molecular formula is C34H26ClF2N3O7. The topological polar surface area (TPSA) is 133 Å². The number of hydrogen-bond acceptors (Lipinski definition) is 8. The molecule has 4 aliphatic rings. The number of nitrogens with zero attached hydrogens (tertiary/aromatic N) is 2. The van der Waals surface area contributed by atoms with Crippen molar-refractivity contribution in [3.05, 3.63) is 106 Å². The fourth-order valence-corrected chi connectivity index (χ4v) is 8.16. The summed E-state index contributed by atoms with van der Waals surface area (Å²) in [4.78, 5) is 69.5. The van der Waals surface area contributed by atoms with Gasteiger partial charge in [0.25, 0.3) is 11.8 Å². The summed E-state index contributed by atoms with van der Waals surface area (Å²) in [5, 5.41) is 12.4. The highest BCUT2D eigenvalue weighted by molar-refractivity contribution is 6.30. The number of benzene rings is 3. The van der Waals surface area contributed by atoms with Gasteiger partial charge in [-0.25, -0.2) is 13.6 Å². The van der Waals surface area contributed by atoms with Gasteiger partial charge in [0.05, 0.1) is 36.0 Å². The Kier molecular flexibility index (Phi) is 7.16. The van der Waals surface area contributed by atoms with Crippen LogP contribution in [0, 0.1) is 35.3 Å². The molecule has 3 aromatic rings. The number of halogens is 3. The Morgan fingerprint density at radius 3 is 2.34 bits per heavy atom. The first-order chi connectivity index (χ1) is 22.5. The number of nitrogens with one attached hydrogen (secondary N) is 1. The highest BCUT2D eigenvalue weighted by Crippen LogP contribution is 2.65. The third-order valence-electron chi connectivity index (χ3n) is 9.94. The number of aromatic hydroxyl groups is 1. The molecule has 3 aromatic carbocycles. The number of carbonyl (C=O) groups excluding carboxylic acids is 5. The van der Waals surface area contributed by atoms with Crippen molar-refractivity contribution in [2.45, 2.75) is 24.2 Å². The normalized spacial score (nSPS) is 28.1. The van der Waals surface area contributed by atoms with Crippen molar-refractivity contribution in [2.24, 2.45) is 23.7 Å². The van der Waals surface area contributed by atoms with Crippen molar-refractivity contribution in [3.63, 3.8) is 0 Å². The van der Waals surface area contributed by atoms with Crippen LogP contribution in [0.2, 0.25) is 5.02 Å². The van der Waals surface area contributed by atoms with Gasteiger partial charge in [-0.05, 0) is 66.8 Å². The molecule has 7 rings (SSSR count). The second-order valence-electron chi connectivity index (χ2n) is 12.0.